The normalized spacial score (nSPS) is 10.5. The Kier molecular flexibility index (Phi) is 5.57. The van der Waals surface area contributed by atoms with Gasteiger partial charge in [0.1, 0.15) is 21.9 Å². The fraction of sp³-hybridized carbons (Fsp3) is 0.118. The maximum absolute atomic E-state index is 12.3. The molecule has 0 atom stereocenters. The molecule has 0 radical (unpaired) electrons. The van der Waals surface area contributed by atoms with Gasteiger partial charge in [-0.1, -0.05) is 54.4 Å². The zero-order chi connectivity index (χ0) is 18.7. The Balaban J connectivity index is 2.06. The Morgan fingerprint density at radius 2 is 1.81 bits per heavy atom. The third-order valence-electron chi connectivity index (χ3n) is 3.48. The summed E-state index contributed by atoms with van der Waals surface area (Å²) in [5.74, 6) is 0. The highest BCUT2D eigenvalue weighted by atomic mass is 35.5. The smallest absolute Gasteiger partial charge is 0.270 e. The van der Waals surface area contributed by atoms with Crippen molar-refractivity contribution in [1.82, 2.24) is 19.9 Å². The number of nitriles is 1. The summed E-state index contributed by atoms with van der Waals surface area (Å²) < 4.78 is 0. The van der Waals surface area contributed by atoms with E-state index in [4.69, 9.17) is 23.2 Å². The first kappa shape index (κ1) is 18.4. The Labute approximate surface area is 163 Å². The van der Waals surface area contributed by atoms with Crippen LogP contribution in [0.1, 0.15) is 18.1 Å². The quantitative estimate of drug-likeness (QED) is 0.519. The number of hydrogen-bond acceptors (Lipinski definition) is 6. The van der Waals surface area contributed by atoms with E-state index in [-0.39, 0.29) is 26.2 Å². The zero-order valence-corrected chi connectivity index (χ0v) is 15.8. The molecule has 0 amide bonds. The first-order valence-corrected chi connectivity index (χ1v) is 9.09. The van der Waals surface area contributed by atoms with E-state index in [2.05, 4.69) is 19.9 Å². The van der Waals surface area contributed by atoms with Gasteiger partial charge < -0.3 is 0 Å². The second-order valence-corrected chi connectivity index (χ2v) is 6.89. The summed E-state index contributed by atoms with van der Waals surface area (Å²) in [5, 5.41) is 10.2. The van der Waals surface area contributed by atoms with Crippen LogP contribution in [-0.2, 0) is 6.42 Å². The van der Waals surface area contributed by atoms with Crippen molar-refractivity contribution in [3.05, 3.63) is 62.1 Å². The summed E-state index contributed by atoms with van der Waals surface area (Å²) >= 11 is 12.7. The van der Waals surface area contributed by atoms with Crippen LogP contribution in [0, 0.1) is 11.3 Å². The van der Waals surface area contributed by atoms with E-state index in [0.29, 0.717) is 11.3 Å². The standard InChI is InChI=1S/C17H11Cl2N5OS/c1-2-9-3-5-10(6-4-9)14-11(8-20)15(25)24-17(23-14)26-16-21-12(18)7-13(19)22-16/h3-7H,2H2,1H3,(H,23,24,25). The lowest BCUT2D eigenvalue weighted by Crippen LogP contribution is -2.14. The molecule has 1 N–H and O–H groups in total. The average molecular weight is 404 g/mol. The van der Waals surface area contributed by atoms with Gasteiger partial charge in [-0.3, -0.25) is 9.78 Å². The summed E-state index contributed by atoms with van der Waals surface area (Å²) in [4.78, 5) is 27.3. The molecular formula is C17H11Cl2N5OS. The molecule has 0 aliphatic carbocycles. The Morgan fingerprint density at radius 3 is 2.38 bits per heavy atom. The predicted octanol–water partition coefficient (Wildman–Crippen LogP) is 4.12. The van der Waals surface area contributed by atoms with E-state index < -0.39 is 5.56 Å². The average Bonchev–Trinajstić information content (AvgIpc) is 2.60. The van der Waals surface area contributed by atoms with Crippen molar-refractivity contribution in [3.8, 4) is 17.3 Å². The van der Waals surface area contributed by atoms with Gasteiger partial charge in [0.05, 0.1) is 5.69 Å². The van der Waals surface area contributed by atoms with E-state index in [0.717, 1.165) is 23.7 Å². The number of H-pyrrole nitrogens is 1. The van der Waals surface area contributed by atoms with Gasteiger partial charge in [-0.2, -0.15) is 5.26 Å². The lowest BCUT2D eigenvalue weighted by molar-refractivity contribution is 0.910. The molecule has 2 heterocycles. The number of rotatable bonds is 4. The summed E-state index contributed by atoms with van der Waals surface area (Å²) in [7, 11) is 0. The van der Waals surface area contributed by atoms with Gasteiger partial charge in [0.2, 0.25) is 0 Å². The Bertz CT molecular complexity index is 1040. The lowest BCUT2D eigenvalue weighted by atomic mass is 10.0. The zero-order valence-electron chi connectivity index (χ0n) is 13.5. The van der Waals surface area contributed by atoms with E-state index in [1.165, 1.54) is 6.07 Å². The first-order chi connectivity index (χ1) is 12.5. The van der Waals surface area contributed by atoms with Crippen LogP contribution in [-0.4, -0.2) is 19.9 Å². The van der Waals surface area contributed by atoms with Crippen molar-refractivity contribution >= 4 is 35.0 Å². The molecule has 0 unspecified atom stereocenters. The third kappa shape index (κ3) is 4.05. The molecule has 9 heteroatoms. The summed E-state index contributed by atoms with van der Waals surface area (Å²) in [6.07, 6.45) is 0.891. The number of aromatic amines is 1. The molecule has 0 aliphatic rings. The molecule has 3 aromatic rings. The maximum Gasteiger partial charge on any atom is 0.270 e. The van der Waals surface area contributed by atoms with Crippen LogP contribution in [0.2, 0.25) is 10.3 Å². The number of nitrogens with one attached hydrogen (secondary N) is 1. The van der Waals surface area contributed by atoms with Crippen molar-refractivity contribution in [2.24, 2.45) is 0 Å². The van der Waals surface area contributed by atoms with E-state index in [9.17, 15) is 10.1 Å². The highest BCUT2D eigenvalue weighted by molar-refractivity contribution is 7.99. The van der Waals surface area contributed by atoms with Crippen LogP contribution in [0.3, 0.4) is 0 Å². The van der Waals surface area contributed by atoms with Crippen molar-refractivity contribution in [2.45, 2.75) is 23.7 Å². The van der Waals surface area contributed by atoms with Crippen molar-refractivity contribution in [2.75, 3.05) is 0 Å². The SMILES string of the molecule is CCc1ccc(-c2nc(Sc3nc(Cl)cc(Cl)n3)[nH]c(=O)c2C#N)cc1. The number of hydrogen-bond donors (Lipinski definition) is 1. The fourth-order valence-corrected chi connectivity index (χ4v) is 3.48. The minimum atomic E-state index is -0.535. The van der Waals surface area contributed by atoms with Gasteiger partial charge in [0.15, 0.2) is 10.3 Å². The second-order valence-electron chi connectivity index (χ2n) is 5.15. The minimum Gasteiger partial charge on any atom is -0.300 e. The molecule has 1 aromatic carbocycles. The molecule has 2 aromatic heterocycles. The molecule has 6 nitrogen and oxygen atoms in total. The summed E-state index contributed by atoms with van der Waals surface area (Å²) in [5.41, 5.74) is 1.54. The second kappa shape index (κ2) is 7.87. The first-order valence-electron chi connectivity index (χ1n) is 7.51. The van der Waals surface area contributed by atoms with Crippen molar-refractivity contribution < 1.29 is 0 Å². The monoisotopic (exact) mass is 403 g/mol. The number of halogens is 2. The molecule has 3 rings (SSSR count). The topological polar surface area (TPSA) is 95.3 Å². The molecule has 130 valence electrons. The van der Waals surface area contributed by atoms with Crippen molar-refractivity contribution in [1.29, 1.82) is 5.26 Å². The lowest BCUT2D eigenvalue weighted by Gasteiger charge is -2.07. The summed E-state index contributed by atoms with van der Waals surface area (Å²) in [6.45, 7) is 2.05. The van der Waals surface area contributed by atoms with E-state index in [1.54, 1.807) is 0 Å². The van der Waals surface area contributed by atoms with E-state index >= 15 is 0 Å². The summed E-state index contributed by atoms with van der Waals surface area (Å²) in [6, 6.07) is 10.9. The Hall–Kier alpha value is -2.40. The minimum absolute atomic E-state index is 0.0522. The molecule has 26 heavy (non-hydrogen) atoms. The van der Waals surface area contributed by atoms with Crippen LogP contribution in [0.5, 0.6) is 0 Å². The van der Waals surface area contributed by atoms with Gasteiger partial charge >= 0.3 is 0 Å². The third-order valence-corrected chi connectivity index (χ3v) is 4.62. The van der Waals surface area contributed by atoms with Gasteiger partial charge in [-0.25, -0.2) is 15.0 Å². The maximum atomic E-state index is 12.3. The van der Waals surface area contributed by atoms with Crippen molar-refractivity contribution in [3.63, 3.8) is 0 Å². The largest absolute Gasteiger partial charge is 0.300 e. The molecule has 0 aliphatic heterocycles. The highest BCUT2D eigenvalue weighted by Gasteiger charge is 2.15. The predicted molar refractivity (Wildman–Crippen MR) is 101 cm³/mol. The highest BCUT2D eigenvalue weighted by Crippen LogP contribution is 2.27. The van der Waals surface area contributed by atoms with Crippen LogP contribution in [0.4, 0.5) is 0 Å². The molecule has 0 fully saturated rings. The number of benzene rings is 1. The molecule has 0 saturated carbocycles. The molecule has 0 saturated heterocycles. The van der Waals surface area contributed by atoms with Gasteiger partial charge in [0.25, 0.3) is 5.56 Å². The molecular weight excluding hydrogens is 393 g/mol. The number of aryl methyl sites for hydroxylation is 1. The Morgan fingerprint density at radius 1 is 1.15 bits per heavy atom. The van der Waals surface area contributed by atoms with Crippen LogP contribution in [0.15, 0.2) is 45.4 Å². The van der Waals surface area contributed by atoms with E-state index in [1.807, 2.05) is 37.3 Å². The van der Waals surface area contributed by atoms with Crippen LogP contribution >= 0.6 is 35.0 Å². The number of aromatic nitrogens is 4. The fourth-order valence-electron chi connectivity index (χ4n) is 2.21. The molecule has 0 spiro atoms. The van der Waals surface area contributed by atoms with Gasteiger partial charge in [-0.15, -0.1) is 0 Å². The number of nitrogens with zero attached hydrogens (tertiary/aromatic N) is 4. The van der Waals surface area contributed by atoms with Crippen LogP contribution in [0.25, 0.3) is 11.3 Å². The van der Waals surface area contributed by atoms with Gasteiger partial charge in [-0.05, 0) is 23.7 Å². The molecule has 0 bridgehead atoms. The van der Waals surface area contributed by atoms with Crippen LogP contribution < -0.4 is 5.56 Å². The van der Waals surface area contributed by atoms with Gasteiger partial charge in [0, 0.05) is 11.6 Å².